The van der Waals surface area contributed by atoms with Crippen LogP contribution in [-0.4, -0.2) is 42.6 Å². The zero-order chi connectivity index (χ0) is 15.5. The molecule has 0 aromatic carbocycles. The Morgan fingerprint density at radius 2 is 1.86 bits per heavy atom. The summed E-state index contributed by atoms with van der Waals surface area (Å²) in [6, 6.07) is 0. The topological polar surface area (TPSA) is 74.4 Å². The Labute approximate surface area is 129 Å². The predicted molar refractivity (Wildman–Crippen MR) is 73.7 cm³/mol. The third-order valence-corrected chi connectivity index (χ3v) is 5.90. The van der Waals surface area contributed by atoms with E-state index in [4.69, 9.17) is 18.9 Å². The molecule has 22 heavy (non-hydrogen) atoms. The van der Waals surface area contributed by atoms with Crippen molar-refractivity contribution in [2.75, 3.05) is 6.61 Å². The van der Waals surface area contributed by atoms with E-state index < -0.39 is 11.7 Å². The van der Waals surface area contributed by atoms with Gasteiger partial charge in [0.1, 0.15) is 17.1 Å². The second-order valence-corrected chi connectivity index (χ2v) is 7.08. The normalized spacial score (nSPS) is 48.6. The Hall–Kier alpha value is -1.14. The number of esters is 2. The highest BCUT2D eigenvalue weighted by Gasteiger charge is 2.79. The van der Waals surface area contributed by atoms with Gasteiger partial charge in [-0.25, -0.2) is 0 Å². The van der Waals surface area contributed by atoms with Gasteiger partial charge in [-0.2, -0.15) is 0 Å². The van der Waals surface area contributed by atoms with Crippen molar-refractivity contribution in [3.8, 4) is 0 Å². The van der Waals surface area contributed by atoms with Crippen molar-refractivity contribution >= 4 is 11.9 Å². The standard InChI is InChI=1S/C16H22O6/c1-9(17)20-13-5-3-4-11-6-12-7-15(8-19-15)16(11,13)14(22-12)21-10(2)18/h11-14H,3-8H2,1-2H3/t11-,12+,13-,14-,15-,16-/m1/s1. The summed E-state index contributed by atoms with van der Waals surface area (Å²) >= 11 is 0. The maximum Gasteiger partial charge on any atom is 0.304 e. The number of hydrogen-bond acceptors (Lipinski definition) is 6. The third kappa shape index (κ3) is 1.80. The fraction of sp³-hybridized carbons (Fsp3) is 0.875. The quantitative estimate of drug-likeness (QED) is 0.569. The first kappa shape index (κ1) is 14.5. The maximum absolute atomic E-state index is 11.6. The van der Waals surface area contributed by atoms with Crippen LogP contribution >= 0.6 is 0 Å². The average Bonchev–Trinajstić information content (AvgIpc) is 3.17. The van der Waals surface area contributed by atoms with Crippen molar-refractivity contribution in [2.45, 2.75) is 70.1 Å². The van der Waals surface area contributed by atoms with Gasteiger partial charge in [0.25, 0.3) is 0 Å². The van der Waals surface area contributed by atoms with Crippen LogP contribution in [-0.2, 0) is 28.5 Å². The van der Waals surface area contributed by atoms with E-state index in [0.29, 0.717) is 12.5 Å². The second kappa shape index (κ2) is 4.68. The highest BCUT2D eigenvalue weighted by atomic mass is 16.7. The highest BCUT2D eigenvalue weighted by Crippen LogP contribution is 2.68. The highest BCUT2D eigenvalue weighted by molar-refractivity contribution is 5.67. The molecule has 2 spiro atoms. The van der Waals surface area contributed by atoms with Gasteiger partial charge in [0.2, 0.25) is 6.29 Å². The minimum Gasteiger partial charge on any atom is -0.462 e. The lowest BCUT2D eigenvalue weighted by Gasteiger charge is -2.62. The van der Waals surface area contributed by atoms with E-state index in [1.165, 1.54) is 13.8 Å². The molecule has 0 amide bonds. The molecule has 2 saturated carbocycles. The molecule has 0 N–H and O–H groups in total. The molecule has 0 unspecified atom stereocenters. The van der Waals surface area contributed by atoms with Crippen LogP contribution in [0.15, 0.2) is 0 Å². The Morgan fingerprint density at radius 3 is 2.50 bits per heavy atom. The summed E-state index contributed by atoms with van der Waals surface area (Å²) in [5.41, 5.74) is -0.892. The number of carbonyl (C=O) groups excluding carboxylic acids is 2. The summed E-state index contributed by atoms with van der Waals surface area (Å²) in [7, 11) is 0. The van der Waals surface area contributed by atoms with E-state index in [1.807, 2.05) is 0 Å². The Kier molecular flexibility index (Phi) is 3.07. The van der Waals surface area contributed by atoms with E-state index in [-0.39, 0.29) is 29.7 Å². The van der Waals surface area contributed by atoms with E-state index in [0.717, 1.165) is 32.1 Å². The molecule has 0 aromatic heterocycles. The van der Waals surface area contributed by atoms with Crippen LogP contribution in [0, 0.1) is 11.3 Å². The lowest BCUT2D eigenvalue weighted by atomic mass is 9.50. The molecular weight excluding hydrogens is 288 g/mol. The molecule has 6 atom stereocenters. The van der Waals surface area contributed by atoms with Crippen LogP contribution in [0.4, 0.5) is 0 Å². The van der Waals surface area contributed by atoms with Crippen molar-refractivity contribution < 1.29 is 28.5 Å². The number of ether oxygens (including phenoxy) is 4. The summed E-state index contributed by atoms with van der Waals surface area (Å²) in [5.74, 6) is -0.358. The molecule has 3 heterocycles. The number of epoxide rings is 1. The van der Waals surface area contributed by atoms with E-state index in [9.17, 15) is 9.59 Å². The van der Waals surface area contributed by atoms with Crippen molar-refractivity contribution in [3.05, 3.63) is 0 Å². The van der Waals surface area contributed by atoms with Crippen molar-refractivity contribution in [1.82, 2.24) is 0 Å². The summed E-state index contributed by atoms with van der Waals surface area (Å²) in [5, 5.41) is 0. The minimum atomic E-state index is -0.672. The monoisotopic (exact) mass is 310 g/mol. The summed E-state index contributed by atoms with van der Waals surface area (Å²) in [4.78, 5) is 23.2. The predicted octanol–water partition coefficient (Wildman–Crippen LogP) is 1.56. The minimum absolute atomic E-state index is 0.0646. The Morgan fingerprint density at radius 1 is 1.14 bits per heavy atom. The van der Waals surface area contributed by atoms with Gasteiger partial charge in [-0.3, -0.25) is 9.59 Å². The smallest absolute Gasteiger partial charge is 0.304 e. The Balaban J connectivity index is 1.78. The van der Waals surface area contributed by atoms with Crippen molar-refractivity contribution in [3.63, 3.8) is 0 Å². The van der Waals surface area contributed by atoms with Gasteiger partial charge in [-0.05, 0) is 31.6 Å². The largest absolute Gasteiger partial charge is 0.462 e. The SMILES string of the molecule is CC(=O)O[C@@H]1O[C@H]2C[C@H]3CCC[C@@H](OC(C)=O)[C@]31[C@]1(CO1)C2. The van der Waals surface area contributed by atoms with Crippen LogP contribution in [0.1, 0.15) is 46.0 Å². The van der Waals surface area contributed by atoms with Crippen LogP contribution in [0.5, 0.6) is 0 Å². The Bertz CT molecular complexity index is 493. The molecule has 122 valence electrons. The van der Waals surface area contributed by atoms with E-state index in [2.05, 4.69) is 0 Å². The van der Waals surface area contributed by atoms with Gasteiger partial charge in [0.15, 0.2) is 0 Å². The maximum atomic E-state index is 11.6. The van der Waals surface area contributed by atoms with Gasteiger partial charge in [0, 0.05) is 20.3 Å². The summed E-state index contributed by atoms with van der Waals surface area (Å²) in [6.45, 7) is 3.46. The van der Waals surface area contributed by atoms with Gasteiger partial charge in [0.05, 0.1) is 12.7 Å². The first-order valence-corrected chi connectivity index (χ1v) is 8.12. The first-order valence-electron chi connectivity index (χ1n) is 8.12. The number of fused-ring (bicyclic) bond motifs is 1. The van der Waals surface area contributed by atoms with Gasteiger partial charge in [-0.15, -0.1) is 0 Å². The summed E-state index contributed by atoms with van der Waals surface area (Å²) in [6.07, 6.45) is 3.65. The summed E-state index contributed by atoms with van der Waals surface area (Å²) < 4.78 is 23.1. The average molecular weight is 310 g/mol. The fourth-order valence-corrected chi connectivity index (χ4v) is 5.25. The van der Waals surface area contributed by atoms with Gasteiger partial charge in [-0.1, -0.05) is 0 Å². The van der Waals surface area contributed by atoms with E-state index in [1.54, 1.807) is 0 Å². The molecule has 3 saturated heterocycles. The zero-order valence-electron chi connectivity index (χ0n) is 13.0. The molecule has 6 heteroatoms. The first-order chi connectivity index (χ1) is 10.5. The number of carbonyl (C=O) groups is 2. The molecule has 2 bridgehead atoms. The molecule has 5 rings (SSSR count). The molecule has 5 fully saturated rings. The molecule has 6 nitrogen and oxygen atoms in total. The zero-order valence-corrected chi connectivity index (χ0v) is 13.0. The molecule has 2 aliphatic carbocycles. The van der Waals surface area contributed by atoms with Crippen LogP contribution < -0.4 is 0 Å². The van der Waals surface area contributed by atoms with Gasteiger partial charge >= 0.3 is 11.9 Å². The third-order valence-electron chi connectivity index (χ3n) is 5.90. The van der Waals surface area contributed by atoms with Gasteiger partial charge < -0.3 is 18.9 Å². The molecule has 3 aliphatic heterocycles. The van der Waals surface area contributed by atoms with Crippen molar-refractivity contribution in [2.24, 2.45) is 11.3 Å². The molecule has 0 radical (unpaired) electrons. The lowest BCUT2D eigenvalue weighted by molar-refractivity contribution is -0.346. The van der Waals surface area contributed by atoms with Crippen LogP contribution in [0.2, 0.25) is 0 Å². The number of rotatable bonds is 2. The van der Waals surface area contributed by atoms with Crippen molar-refractivity contribution in [1.29, 1.82) is 0 Å². The molecular formula is C16H22O6. The molecule has 5 aliphatic rings. The second-order valence-electron chi connectivity index (χ2n) is 7.08. The number of hydrogen-bond donors (Lipinski definition) is 0. The molecule has 0 aromatic rings. The fourth-order valence-electron chi connectivity index (χ4n) is 5.25. The van der Waals surface area contributed by atoms with E-state index >= 15 is 0 Å². The van der Waals surface area contributed by atoms with Crippen LogP contribution in [0.3, 0.4) is 0 Å². The lowest BCUT2D eigenvalue weighted by Crippen LogP contribution is -2.71. The van der Waals surface area contributed by atoms with Crippen LogP contribution in [0.25, 0.3) is 0 Å².